The molecule has 0 bridgehead atoms. The van der Waals surface area contributed by atoms with Crippen molar-refractivity contribution in [3.63, 3.8) is 0 Å². The number of hydrogen-bond donors (Lipinski definition) is 1. The fraction of sp³-hybridized carbons (Fsp3) is 0.381. The fourth-order valence-corrected chi connectivity index (χ4v) is 4.74. The topological polar surface area (TPSA) is 72.4 Å². The van der Waals surface area contributed by atoms with E-state index in [9.17, 15) is 0 Å². The molecule has 3 heterocycles. The van der Waals surface area contributed by atoms with Crippen LogP contribution in [0.2, 0.25) is 10.0 Å². The summed E-state index contributed by atoms with van der Waals surface area (Å²) in [6.45, 7) is 1.97. The number of anilines is 1. The third-order valence-corrected chi connectivity index (χ3v) is 6.60. The van der Waals surface area contributed by atoms with Gasteiger partial charge < -0.3 is 19.7 Å². The molecule has 0 radical (unpaired) electrons. The van der Waals surface area contributed by atoms with Crippen LogP contribution in [0.4, 0.5) is 5.82 Å². The Labute approximate surface area is 195 Å². The monoisotopic (exact) mass is 479 g/mol. The van der Waals surface area contributed by atoms with E-state index in [1.165, 1.54) is 11.8 Å². The first kappa shape index (κ1) is 22.2. The summed E-state index contributed by atoms with van der Waals surface area (Å²) < 4.78 is 10.9. The molecule has 1 aromatic carbocycles. The summed E-state index contributed by atoms with van der Waals surface area (Å²) in [5.41, 5.74) is 1.90. The highest BCUT2D eigenvalue weighted by molar-refractivity contribution is 7.98. The van der Waals surface area contributed by atoms with E-state index < -0.39 is 0 Å². The van der Waals surface area contributed by atoms with Crippen molar-refractivity contribution in [3.05, 3.63) is 28.4 Å². The van der Waals surface area contributed by atoms with Gasteiger partial charge in [0, 0.05) is 35.8 Å². The van der Waals surface area contributed by atoms with Gasteiger partial charge in [0.05, 0.1) is 30.0 Å². The quantitative estimate of drug-likeness (QED) is 0.397. The average Bonchev–Trinajstić information content (AvgIpc) is 3.18. The molecule has 1 fully saturated rings. The van der Waals surface area contributed by atoms with E-state index in [2.05, 4.69) is 22.2 Å². The van der Waals surface area contributed by atoms with Gasteiger partial charge in [-0.05, 0) is 32.3 Å². The third-order valence-electron chi connectivity index (χ3n) is 5.29. The number of ether oxygens (including phenoxy) is 2. The Morgan fingerprint density at radius 2 is 1.84 bits per heavy atom. The summed E-state index contributed by atoms with van der Waals surface area (Å²) in [6, 6.07) is 3.82. The van der Waals surface area contributed by atoms with E-state index >= 15 is 0 Å². The highest BCUT2D eigenvalue weighted by Crippen LogP contribution is 2.46. The number of halogens is 2. The second-order valence-electron chi connectivity index (χ2n) is 7.33. The Hall–Kier alpha value is -2.00. The molecule has 1 unspecified atom stereocenters. The lowest BCUT2D eigenvalue weighted by Crippen LogP contribution is -2.24. The molecule has 3 aromatic rings. The summed E-state index contributed by atoms with van der Waals surface area (Å²) in [5.74, 6) is 1.60. The van der Waals surface area contributed by atoms with Gasteiger partial charge in [0.15, 0.2) is 11.0 Å². The summed E-state index contributed by atoms with van der Waals surface area (Å²) in [5, 5.41) is 5.83. The van der Waals surface area contributed by atoms with Crippen LogP contribution in [0.1, 0.15) is 6.42 Å². The number of thioether (sulfide) groups is 1. The Bertz CT molecular complexity index is 1100. The molecule has 1 N–H and O–H groups in total. The maximum atomic E-state index is 6.65. The van der Waals surface area contributed by atoms with E-state index in [1.54, 1.807) is 26.5 Å². The Morgan fingerprint density at radius 3 is 2.42 bits per heavy atom. The van der Waals surface area contributed by atoms with Crippen molar-refractivity contribution in [2.24, 2.45) is 0 Å². The lowest BCUT2D eigenvalue weighted by atomic mass is 10.1. The van der Waals surface area contributed by atoms with Gasteiger partial charge in [0.1, 0.15) is 17.0 Å². The molecule has 1 aliphatic heterocycles. The smallest absolute Gasteiger partial charge is 0.187 e. The molecule has 1 atom stereocenters. The van der Waals surface area contributed by atoms with Crippen LogP contribution in [0.25, 0.3) is 22.2 Å². The number of likely N-dealkylation sites (N-methyl/N-ethyl adjacent to an activating group) is 1. The third kappa shape index (κ3) is 4.35. The molecule has 31 heavy (non-hydrogen) atoms. The molecule has 0 amide bonds. The van der Waals surface area contributed by atoms with Gasteiger partial charge in [0.2, 0.25) is 0 Å². The highest BCUT2D eigenvalue weighted by atomic mass is 35.5. The lowest BCUT2D eigenvalue weighted by Gasteiger charge is -2.18. The number of nitrogens with one attached hydrogen (secondary N) is 1. The molecule has 10 heteroatoms. The number of likely N-dealkylation sites (tertiary alicyclic amines) is 1. The molecular formula is C21H23Cl2N5O2S. The molecule has 1 aliphatic rings. The van der Waals surface area contributed by atoms with Crippen molar-refractivity contribution >= 4 is 51.7 Å². The van der Waals surface area contributed by atoms with Crippen LogP contribution >= 0.6 is 35.0 Å². The number of aromatic nitrogens is 3. The van der Waals surface area contributed by atoms with Crippen molar-refractivity contribution in [2.45, 2.75) is 17.6 Å². The lowest BCUT2D eigenvalue weighted by molar-refractivity contribution is 0.395. The molecule has 0 aliphatic carbocycles. The first-order chi connectivity index (χ1) is 14.9. The number of methoxy groups -OCH3 is 2. The highest BCUT2D eigenvalue weighted by Gasteiger charge is 2.24. The van der Waals surface area contributed by atoms with Crippen LogP contribution in [0.3, 0.4) is 0 Å². The van der Waals surface area contributed by atoms with Gasteiger partial charge in [-0.15, -0.1) is 0 Å². The van der Waals surface area contributed by atoms with Gasteiger partial charge in [-0.3, -0.25) is 0 Å². The van der Waals surface area contributed by atoms with Crippen molar-refractivity contribution in [1.82, 2.24) is 19.9 Å². The first-order valence-corrected chi connectivity index (χ1v) is 11.7. The number of rotatable bonds is 6. The van der Waals surface area contributed by atoms with Gasteiger partial charge >= 0.3 is 0 Å². The van der Waals surface area contributed by atoms with Crippen LogP contribution in [-0.2, 0) is 0 Å². The zero-order valence-electron chi connectivity index (χ0n) is 17.7. The Morgan fingerprint density at radius 1 is 1.13 bits per heavy atom. The molecule has 7 nitrogen and oxygen atoms in total. The van der Waals surface area contributed by atoms with E-state index in [4.69, 9.17) is 42.6 Å². The van der Waals surface area contributed by atoms with Crippen molar-refractivity contribution < 1.29 is 9.47 Å². The van der Waals surface area contributed by atoms with E-state index in [0.29, 0.717) is 43.8 Å². The molecule has 164 valence electrons. The van der Waals surface area contributed by atoms with Gasteiger partial charge in [-0.2, -0.15) is 0 Å². The van der Waals surface area contributed by atoms with E-state index in [1.807, 2.05) is 12.3 Å². The summed E-state index contributed by atoms with van der Waals surface area (Å²) in [7, 11) is 5.21. The zero-order chi connectivity index (χ0) is 22.1. The van der Waals surface area contributed by atoms with E-state index in [-0.39, 0.29) is 6.04 Å². The minimum atomic E-state index is 0.273. The first-order valence-electron chi connectivity index (χ1n) is 9.72. The molecule has 2 aromatic heterocycles. The van der Waals surface area contributed by atoms with Crippen molar-refractivity contribution in [1.29, 1.82) is 0 Å². The number of pyridine rings is 1. The van der Waals surface area contributed by atoms with Crippen LogP contribution in [0.5, 0.6) is 11.5 Å². The predicted molar refractivity (Wildman–Crippen MR) is 127 cm³/mol. The van der Waals surface area contributed by atoms with Crippen molar-refractivity contribution in [2.75, 3.05) is 45.9 Å². The molecule has 0 spiro atoms. The van der Waals surface area contributed by atoms with Crippen LogP contribution in [0, 0.1) is 0 Å². The number of fused-ring (bicyclic) bond motifs is 1. The molecule has 0 saturated carbocycles. The zero-order valence-corrected chi connectivity index (χ0v) is 20.0. The maximum absolute atomic E-state index is 6.65. The number of hydrogen-bond acceptors (Lipinski definition) is 8. The Balaban J connectivity index is 1.92. The van der Waals surface area contributed by atoms with Crippen molar-refractivity contribution in [3.8, 4) is 22.8 Å². The predicted octanol–water partition coefficient (Wildman–Crippen LogP) is 4.85. The average molecular weight is 480 g/mol. The molecular weight excluding hydrogens is 457 g/mol. The Kier molecular flexibility index (Phi) is 6.62. The molecule has 1 saturated heterocycles. The van der Waals surface area contributed by atoms with Gasteiger partial charge in [-0.1, -0.05) is 35.0 Å². The minimum absolute atomic E-state index is 0.273. The largest absolute Gasteiger partial charge is 0.495 e. The van der Waals surface area contributed by atoms with E-state index in [0.717, 1.165) is 30.4 Å². The maximum Gasteiger partial charge on any atom is 0.187 e. The van der Waals surface area contributed by atoms with Crippen LogP contribution < -0.4 is 14.8 Å². The summed E-state index contributed by atoms with van der Waals surface area (Å²) in [4.78, 5) is 16.3. The number of nitrogens with zero attached hydrogens (tertiary/aromatic N) is 4. The van der Waals surface area contributed by atoms with Crippen LogP contribution in [-0.4, -0.2) is 66.5 Å². The second kappa shape index (κ2) is 9.24. The summed E-state index contributed by atoms with van der Waals surface area (Å²) in [6.07, 6.45) is 4.77. The van der Waals surface area contributed by atoms with Gasteiger partial charge in [0.25, 0.3) is 0 Å². The normalized spacial score (nSPS) is 16.6. The van der Waals surface area contributed by atoms with Crippen LogP contribution in [0.15, 0.2) is 23.5 Å². The van der Waals surface area contributed by atoms with Gasteiger partial charge in [-0.25, -0.2) is 15.0 Å². The SMILES string of the molecule is COc1cc(OC)c(Cl)c(-c2cc3cnc(SC)nc3c(NC3CCN(C)C3)n2)c1Cl. The molecule has 4 rings (SSSR count). The second-order valence-corrected chi connectivity index (χ2v) is 8.86. The summed E-state index contributed by atoms with van der Waals surface area (Å²) >= 11 is 14.8. The standard InChI is InChI=1S/C21H23Cl2N5O2S/c1-28-6-5-12(10-28)25-20-19-11(9-24-21(27-19)31-4)7-13(26-20)16-17(22)14(29-2)8-15(30-3)18(16)23/h7-9,12H,5-6,10H2,1-4H3,(H,25,26). The number of benzene rings is 1. The minimum Gasteiger partial charge on any atom is -0.495 e. The fourth-order valence-electron chi connectivity index (χ4n) is 3.71.